The van der Waals surface area contributed by atoms with Gasteiger partial charge in [0.25, 0.3) is 5.91 Å². The van der Waals surface area contributed by atoms with Crippen LogP contribution in [-0.2, 0) is 25.7 Å². The van der Waals surface area contributed by atoms with Gasteiger partial charge in [0, 0.05) is 43.6 Å². The van der Waals surface area contributed by atoms with E-state index >= 15 is 0 Å². The molecule has 1 aromatic heterocycles. The lowest BCUT2D eigenvalue weighted by Gasteiger charge is -2.45. The third-order valence-corrected chi connectivity index (χ3v) is 7.47. The molecule has 13 heteroatoms. The number of halogens is 2. The molecule has 1 aliphatic rings. The number of methoxy groups -OCH3 is 1. The highest BCUT2D eigenvalue weighted by atomic mass is 35.5. The second-order valence-electron chi connectivity index (χ2n) is 9.54. The average molecular weight is 573 g/mol. The molecular formula is C27H30ClFN6O5. The molecule has 1 saturated heterocycles. The number of fused-ring (bicyclic) bond motifs is 1. The number of hydrogen-bond acceptors (Lipinski definition) is 9. The number of anilines is 2. The van der Waals surface area contributed by atoms with Gasteiger partial charge in [-0.3, -0.25) is 19.3 Å². The molecule has 1 fully saturated rings. The van der Waals surface area contributed by atoms with Crippen LogP contribution >= 0.6 is 11.6 Å². The molecule has 4 rings (SSSR count). The van der Waals surface area contributed by atoms with Gasteiger partial charge in [0.1, 0.15) is 23.4 Å². The topological polar surface area (TPSA) is 140 Å². The maximum atomic E-state index is 14.6. The fourth-order valence-corrected chi connectivity index (χ4v) is 5.05. The molecular weight excluding hydrogens is 543 g/mol. The normalized spacial score (nSPS) is 14.7. The van der Waals surface area contributed by atoms with Crippen molar-refractivity contribution in [2.45, 2.75) is 31.8 Å². The summed E-state index contributed by atoms with van der Waals surface area (Å²) in [6.45, 7) is 1.70. The van der Waals surface area contributed by atoms with E-state index in [1.54, 1.807) is 30.1 Å². The zero-order valence-electron chi connectivity index (χ0n) is 22.4. The van der Waals surface area contributed by atoms with Gasteiger partial charge in [0.15, 0.2) is 12.4 Å². The van der Waals surface area contributed by atoms with E-state index in [0.717, 1.165) is 5.56 Å². The molecule has 0 radical (unpaired) electrons. The largest absolute Gasteiger partial charge is 0.496 e. The summed E-state index contributed by atoms with van der Waals surface area (Å²) in [4.78, 5) is 48.3. The van der Waals surface area contributed by atoms with Gasteiger partial charge < -0.3 is 25.4 Å². The number of aromatic nitrogens is 2. The van der Waals surface area contributed by atoms with Crippen molar-refractivity contribution in [3.63, 3.8) is 0 Å². The van der Waals surface area contributed by atoms with Crippen LogP contribution in [0, 0.1) is 5.82 Å². The van der Waals surface area contributed by atoms with E-state index in [1.807, 2.05) is 11.0 Å². The average Bonchev–Trinajstić information content (AvgIpc) is 2.94. The summed E-state index contributed by atoms with van der Waals surface area (Å²) < 4.78 is 25.0. The Kier molecular flexibility index (Phi) is 8.70. The van der Waals surface area contributed by atoms with Crippen LogP contribution in [-0.4, -0.2) is 76.9 Å². The number of likely N-dealkylation sites (N-methyl/N-ethyl adjacent to an activating group) is 1. The second-order valence-corrected chi connectivity index (χ2v) is 9.95. The molecule has 0 spiro atoms. The fourth-order valence-electron chi connectivity index (χ4n) is 4.87. The van der Waals surface area contributed by atoms with Gasteiger partial charge in [0.2, 0.25) is 5.91 Å². The molecule has 0 aliphatic carbocycles. The molecule has 3 aromatic rings. The van der Waals surface area contributed by atoms with Crippen molar-refractivity contribution in [1.29, 1.82) is 0 Å². The third kappa shape index (κ3) is 5.92. The zero-order chi connectivity index (χ0) is 29.0. The number of hydrogen-bond donors (Lipinski definition) is 2. The number of nitrogens with two attached hydrogens (primary N) is 1. The Balaban J connectivity index is 1.60. The Hall–Kier alpha value is -4.03. The Morgan fingerprint density at radius 3 is 2.60 bits per heavy atom. The fraction of sp³-hybridized carbons (Fsp3) is 0.370. The lowest BCUT2D eigenvalue weighted by molar-refractivity contribution is -0.152. The molecule has 212 valence electrons. The first-order valence-corrected chi connectivity index (χ1v) is 12.9. The monoisotopic (exact) mass is 572 g/mol. The minimum absolute atomic E-state index is 0.0248. The number of nitrogens with zero attached hydrogens (tertiary/aromatic N) is 4. The number of primary amides is 1. The summed E-state index contributed by atoms with van der Waals surface area (Å²) >= 11 is 5.94. The number of amides is 2. The van der Waals surface area contributed by atoms with Crippen molar-refractivity contribution in [2.75, 3.05) is 39.2 Å². The number of esters is 1. The van der Waals surface area contributed by atoms with Crippen LogP contribution in [0.5, 0.6) is 5.75 Å². The number of carbonyl (C=O) groups excluding carboxylic acids is 3. The first-order valence-electron chi connectivity index (χ1n) is 12.5. The third-order valence-electron chi connectivity index (χ3n) is 7.18. The highest BCUT2D eigenvalue weighted by molar-refractivity contribution is 6.31. The molecule has 2 aromatic carbocycles. The molecule has 2 amide bonds. The number of likely N-dealkylation sites (tertiary alicyclic amines) is 1. The number of benzene rings is 2. The van der Waals surface area contributed by atoms with Gasteiger partial charge in [-0.2, -0.15) is 0 Å². The zero-order valence-corrected chi connectivity index (χ0v) is 23.1. The maximum absolute atomic E-state index is 14.6. The molecule has 0 saturated carbocycles. The van der Waals surface area contributed by atoms with Gasteiger partial charge in [-0.25, -0.2) is 14.4 Å². The summed E-state index contributed by atoms with van der Waals surface area (Å²) in [5.74, 6) is -1.09. The first-order chi connectivity index (χ1) is 19.1. The smallest absolute Gasteiger partial charge is 0.303 e. The van der Waals surface area contributed by atoms with Crippen molar-refractivity contribution in [3.05, 3.63) is 53.1 Å². The van der Waals surface area contributed by atoms with E-state index in [1.165, 1.54) is 26.4 Å². The number of rotatable bonds is 9. The quantitative estimate of drug-likeness (QED) is 0.370. The van der Waals surface area contributed by atoms with E-state index in [4.69, 9.17) is 26.8 Å². The van der Waals surface area contributed by atoms with Gasteiger partial charge in [-0.1, -0.05) is 17.7 Å². The lowest BCUT2D eigenvalue weighted by Crippen LogP contribution is -2.61. The van der Waals surface area contributed by atoms with Crippen LogP contribution in [0.15, 0.2) is 36.7 Å². The highest BCUT2D eigenvalue weighted by Gasteiger charge is 2.44. The molecule has 11 nitrogen and oxygen atoms in total. The van der Waals surface area contributed by atoms with Crippen molar-refractivity contribution in [1.82, 2.24) is 19.8 Å². The standard InChI is InChI=1S/C27H30ClFN6O5/c1-16(36)40-14-23(37)35-9-7-27(8-10-35,26(30)38)34(2)13-17-11-18-21(12-22(17)39-3)31-15-32-25(18)33-20-6-4-5-19(28)24(20)29/h4-6,11-12,15H,7-10,13-14H2,1-3H3,(H2,30,38)(H,31,32,33). The van der Waals surface area contributed by atoms with Crippen LogP contribution < -0.4 is 15.8 Å². The number of carbonyl (C=O) groups is 3. The summed E-state index contributed by atoms with van der Waals surface area (Å²) in [5, 5.41) is 3.57. The number of nitrogens with one attached hydrogen (secondary N) is 1. The van der Waals surface area contributed by atoms with Gasteiger partial charge in [0.05, 0.1) is 23.3 Å². The molecule has 0 atom stereocenters. The van der Waals surface area contributed by atoms with Crippen LogP contribution in [0.25, 0.3) is 10.9 Å². The summed E-state index contributed by atoms with van der Waals surface area (Å²) in [6.07, 6.45) is 1.95. The molecule has 0 bridgehead atoms. The molecule has 1 aliphatic heterocycles. The molecule has 0 unspecified atom stereocenters. The van der Waals surface area contributed by atoms with E-state index in [2.05, 4.69) is 15.3 Å². The first kappa shape index (κ1) is 29.0. The summed E-state index contributed by atoms with van der Waals surface area (Å²) in [5.41, 5.74) is 6.32. The summed E-state index contributed by atoms with van der Waals surface area (Å²) in [7, 11) is 3.32. The Bertz CT molecular complexity index is 1450. The van der Waals surface area contributed by atoms with Crippen molar-refractivity contribution < 1.29 is 28.2 Å². The van der Waals surface area contributed by atoms with Crippen LogP contribution in [0.4, 0.5) is 15.9 Å². The van der Waals surface area contributed by atoms with E-state index in [9.17, 15) is 18.8 Å². The van der Waals surface area contributed by atoms with E-state index in [0.29, 0.717) is 35.3 Å². The van der Waals surface area contributed by atoms with Crippen molar-refractivity contribution >= 4 is 51.8 Å². The lowest BCUT2D eigenvalue weighted by atomic mass is 9.84. The van der Waals surface area contributed by atoms with Crippen molar-refractivity contribution in [3.8, 4) is 5.75 Å². The van der Waals surface area contributed by atoms with E-state index in [-0.39, 0.29) is 42.9 Å². The van der Waals surface area contributed by atoms with Gasteiger partial charge in [-0.15, -0.1) is 0 Å². The molecule has 2 heterocycles. The SMILES string of the molecule is COc1cc2ncnc(Nc3cccc(Cl)c3F)c2cc1CN(C)C1(C(N)=O)CCN(C(=O)COC(C)=O)CC1. The number of ether oxygens (including phenoxy) is 2. The Morgan fingerprint density at radius 1 is 1.23 bits per heavy atom. The van der Waals surface area contributed by atoms with Crippen LogP contribution in [0.3, 0.4) is 0 Å². The van der Waals surface area contributed by atoms with Crippen LogP contribution in [0.1, 0.15) is 25.3 Å². The minimum Gasteiger partial charge on any atom is -0.496 e. The minimum atomic E-state index is -1.03. The van der Waals surface area contributed by atoms with E-state index < -0.39 is 23.2 Å². The highest BCUT2D eigenvalue weighted by Crippen LogP contribution is 2.35. The summed E-state index contributed by atoms with van der Waals surface area (Å²) in [6, 6.07) is 8.19. The van der Waals surface area contributed by atoms with Gasteiger partial charge >= 0.3 is 5.97 Å². The molecule has 3 N–H and O–H groups in total. The van der Waals surface area contributed by atoms with Gasteiger partial charge in [-0.05, 0) is 38.1 Å². The number of piperidine rings is 1. The molecule has 40 heavy (non-hydrogen) atoms. The predicted molar refractivity (Wildman–Crippen MR) is 147 cm³/mol. The maximum Gasteiger partial charge on any atom is 0.303 e. The second kappa shape index (κ2) is 12.0. The Labute approximate surface area is 235 Å². The Morgan fingerprint density at radius 2 is 1.95 bits per heavy atom. The van der Waals surface area contributed by atoms with Crippen molar-refractivity contribution in [2.24, 2.45) is 5.73 Å². The predicted octanol–water partition coefficient (Wildman–Crippen LogP) is 3.02. The van der Waals surface area contributed by atoms with Crippen LogP contribution in [0.2, 0.25) is 5.02 Å².